The summed E-state index contributed by atoms with van der Waals surface area (Å²) < 4.78 is 13.4. The third kappa shape index (κ3) is 4.46. The average Bonchev–Trinajstić information content (AvgIpc) is 3.35. The van der Waals surface area contributed by atoms with Gasteiger partial charge >= 0.3 is 0 Å². The van der Waals surface area contributed by atoms with Crippen molar-refractivity contribution in [3.05, 3.63) is 82.7 Å². The number of nitrogens with one attached hydrogen (secondary N) is 1. The first-order valence-corrected chi connectivity index (χ1v) is 11.3. The highest BCUT2D eigenvalue weighted by Crippen LogP contribution is 2.34. The Kier molecular flexibility index (Phi) is 6.70. The summed E-state index contributed by atoms with van der Waals surface area (Å²) in [6.45, 7) is 5.31. The quantitative estimate of drug-likeness (QED) is 0.620. The van der Waals surface area contributed by atoms with Gasteiger partial charge in [0.1, 0.15) is 22.9 Å². The van der Waals surface area contributed by atoms with Crippen LogP contribution in [0.4, 0.5) is 4.39 Å². The molecule has 1 aliphatic carbocycles. The summed E-state index contributed by atoms with van der Waals surface area (Å²) in [5.41, 5.74) is 1.74. The van der Waals surface area contributed by atoms with Crippen LogP contribution < -0.4 is 5.32 Å². The molecule has 1 N–H and O–H groups in total. The number of ketones is 2. The average molecular weight is 468 g/mol. The molecule has 0 bridgehead atoms. The number of alkyl halides is 1. The number of aromatic nitrogens is 1. The maximum atomic E-state index is 13.7. The van der Waals surface area contributed by atoms with Crippen molar-refractivity contribution in [3.8, 4) is 0 Å². The molecule has 0 unspecified atom stereocenters. The summed E-state index contributed by atoms with van der Waals surface area (Å²) in [7, 11) is 0. The van der Waals surface area contributed by atoms with Crippen molar-refractivity contribution in [2.24, 2.45) is 0 Å². The van der Waals surface area contributed by atoms with E-state index in [2.05, 4.69) is 16.9 Å². The van der Waals surface area contributed by atoms with E-state index in [-0.39, 0.29) is 35.0 Å². The number of pyridine rings is 1. The minimum absolute atomic E-state index is 0.0291. The Balaban J connectivity index is 1.80. The fraction of sp³-hybridized carbons (Fsp3) is 0.280. The van der Waals surface area contributed by atoms with Gasteiger partial charge in [0.05, 0.1) is 5.56 Å². The molecule has 1 aliphatic heterocycles. The lowest BCUT2D eigenvalue weighted by Gasteiger charge is -2.28. The highest BCUT2D eigenvalue weighted by Gasteiger charge is 2.39. The first-order chi connectivity index (χ1) is 15.9. The lowest BCUT2D eigenvalue weighted by atomic mass is 9.86. The largest absolute Gasteiger partial charge is 0.367 e. The molecule has 8 heteroatoms. The number of carbonyl (C=O) groups excluding carboxylic acids is 3. The van der Waals surface area contributed by atoms with Gasteiger partial charge in [-0.1, -0.05) is 18.7 Å². The number of benzene rings is 1. The Morgan fingerprint density at radius 2 is 1.82 bits per heavy atom. The van der Waals surface area contributed by atoms with Crippen LogP contribution in [0.2, 0.25) is 0 Å². The predicted molar refractivity (Wildman–Crippen MR) is 123 cm³/mol. The SMILES string of the molecule is C=C(c1ccc(F)cc1)c1ccnc2c1C(=O)C(NC(=O)CCCCl)=C(N1CCCC1)C2=O. The van der Waals surface area contributed by atoms with Crippen molar-refractivity contribution in [1.82, 2.24) is 15.2 Å². The molecular formula is C25H23ClFN3O3. The molecule has 1 aromatic carbocycles. The Morgan fingerprint density at radius 3 is 2.48 bits per heavy atom. The van der Waals surface area contributed by atoms with E-state index >= 15 is 0 Å². The number of hydrogen-bond donors (Lipinski definition) is 1. The topological polar surface area (TPSA) is 79.4 Å². The van der Waals surface area contributed by atoms with Crippen LogP contribution in [0.25, 0.3) is 5.57 Å². The van der Waals surface area contributed by atoms with Gasteiger partial charge in [-0.2, -0.15) is 0 Å². The molecule has 6 nitrogen and oxygen atoms in total. The first kappa shape index (κ1) is 22.9. The molecule has 0 atom stereocenters. The molecule has 1 amide bonds. The Bertz CT molecular complexity index is 1170. The Morgan fingerprint density at radius 1 is 1.12 bits per heavy atom. The van der Waals surface area contributed by atoms with Gasteiger partial charge in [0.2, 0.25) is 17.5 Å². The van der Waals surface area contributed by atoms with E-state index in [9.17, 15) is 18.8 Å². The summed E-state index contributed by atoms with van der Waals surface area (Å²) in [6.07, 6.45) is 3.82. The lowest BCUT2D eigenvalue weighted by molar-refractivity contribution is -0.120. The van der Waals surface area contributed by atoms with Crippen LogP contribution in [0.5, 0.6) is 0 Å². The van der Waals surface area contributed by atoms with E-state index in [1.54, 1.807) is 18.2 Å². The smallest absolute Gasteiger partial charge is 0.230 e. The number of halogens is 2. The van der Waals surface area contributed by atoms with E-state index in [1.165, 1.54) is 18.3 Å². The molecule has 0 radical (unpaired) electrons. The fourth-order valence-electron chi connectivity index (χ4n) is 4.17. The molecular weight excluding hydrogens is 445 g/mol. The monoisotopic (exact) mass is 467 g/mol. The van der Waals surface area contributed by atoms with Gasteiger partial charge in [-0.05, 0) is 54.2 Å². The highest BCUT2D eigenvalue weighted by atomic mass is 35.5. The first-order valence-electron chi connectivity index (χ1n) is 10.8. The number of nitrogens with zero attached hydrogens (tertiary/aromatic N) is 2. The van der Waals surface area contributed by atoms with Crippen LogP contribution >= 0.6 is 11.6 Å². The van der Waals surface area contributed by atoms with Gasteiger partial charge in [-0.15, -0.1) is 11.6 Å². The second-order valence-corrected chi connectivity index (χ2v) is 8.36. The zero-order chi connectivity index (χ0) is 23.5. The number of amides is 1. The maximum Gasteiger partial charge on any atom is 0.230 e. The van der Waals surface area contributed by atoms with Gasteiger partial charge < -0.3 is 10.2 Å². The van der Waals surface area contributed by atoms with Crippen LogP contribution in [-0.2, 0) is 4.79 Å². The molecule has 2 aliphatic rings. The van der Waals surface area contributed by atoms with Gasteiger partial charge in [0.25, 0.3) is 0 Å². The summed E-state index contributed by atoms with van der Waals surface area (Å²) in [5, 5.41) is 2.68. The lowest BCUT2D eigenvalue weighted by Crippen LogP contribution is -2.40. The maximum absolute atomic E-state index is 13.7. The third-order valence-corrected chi connectivity index (χ3v) is 6.08. The van der Waals surface area contributed by atoms with Gasteiger partial charge in [-0.25, -0.2) is 4.39 Å². The molecule has 0 spiro atoms. The normalized spacial score (nSPS) is 15.6. The summed E-state index contributed by atoms with van der Waals surface area (Å²) in [6, 6.07) is 7.31. The van der Waals surface area contributed by atoms with Crippen molar-refractivity contribution >= 4 is 34.6 Å². The van der Waals surface area contributed by atoms with E-state index in [1.807, 2.05) is 4.90 Å². The van der Waals surface area contributed by atoms with Crippen LogP contribution in [0, 0.1) is 5.82 Å². The third-order valence-electron chi connectivity index (χ3n) is 5.81. The zero-order valence-corrected chi connectivity index (χ0v) is 18.8. The number of allylic oxidation sites excluding steroid dienone is 2. The fourth-order valence-corrected chi connectivity index (χ4v) is 4.30. The molecule has 33 heavy (non-hydrogen) atoms. The molecule has 1 fully saturated rings. The van der Waals surface area contributed by atoms with E-state index in [4.69, 9.17) is 11.6 Å². The second kappa shape index (κ2) is 9.67. The number of Topliss-reactive ketones (excluding diaryl/α,β-unsaturated/α-hetero) is 2. The zero-order valence-electron chi connectivity index (χ0n) is 18.0. The molecule has 2 heterocycles. The van der Waals surface area contributed by atoms with Crippen molar-refractivity contribution < 1.29 is 18.8 Å². The van der Waals surface area contributed by atoms with Gasteiger partial charge in [0, 0.05) is 31.6 Å². The van der Waals surface area contributed by atoms with Crippen molar-refractivity contribution in [2.75, 3.05) is 19.0 Å². The number of carbonyl (C=O) groups is 3. The molecule has 2 aromatic rings. The number of fused-ring (bicyclic) bond motifs is 1. The molecule has 1 aromatic heterocycles. The number of rotatable bonds is 7. The Labute approximate surface area is 196 Å². The van der Waals surface area contributed by atoms with Crippen molar-refractivity contribution in [2.45, 2.75) is 25.7 Å². The molecule has 1 saturated heterocycles. The summed E-state index contributed by atoms with van der Waals surface area (Å²) in [5.74, 6) is -1.36. The molecule has 0 saturated carbocycles. The van der Waals surface area contributed by atoms with E-state index < -0.39 is 17.4 Å². The second-order valence-electron chi connectivity index (χ2n) is 7.98. The Hall–Kier alpha value is -3.32. The van der Waals surface area contributed by atoms with Crippen LogP contribution in [-0.4, -0.2) is 46.3 Å². The minimum Gasteiger partial charge on any atom is -0.367 e. The summed E-state index contributed by atoms with van der Waals surface area (Å²) >= 11 is 5.70. The van der Waals surface area contributed by atoms with Crippen LogP contribution in [0.15, 0.2) is 54.5 Å². The predicted octanol–water partition coefficient (Wildman–Crippen LogP) is 4.10. The molecule has 170 valence electrons. The van der Waals surface area contributed by atoms with E-state index in [0.29, 0.717) is 42.1 Å². The van der Waals surface area contributed by atoms with Crippen molar-refractivity contribution in [3.63, 3.8) is 0 Å². The van der Waals surface area contributed by atoms with Gasteiger partial charge in [-0.3, -0.25) is 19.4 Å². The summed E-state index contributed by atoms with van der Waals surface area (Å²) in [4.78, 5) is 45.8. The number of likely N-dealkylation sites (tertiary alicyclic amines) is 1. The standard InChI is InChI=1S/C25H23ClFN3O3/c1-15(16-6-8-17(27)9-7-16)18-10-12-28-21-20(18)24(32)22(29-19(31)5-4-11-26)23(25(21)33)30-13-2-3-14-30/h6-10,12H,1-5,11,13-14H2,(H,29,31). The van der Waals surface area contributed by atoms with Crippen molar-refractivity contribution in [1.29, 1.82) is 0 Å². The molecule has 4 rings (SSSR count). The van der Waals surface area contributed by atoms with Crippen LogP contribution in [0.1, 0.15) is 57.7 Å². The van der Waals surface area contributed by atoms with E-state index in [0.717, 1.165) is 12.8 Å². The van der Waals surface area contributed by atoms with Crippen LogP contribution in [0.3, 0.4) is 0 Å². The van der Waals surface area contributed by atoms with Gasteiger partial charge in [0.15, 0.2) is 0 Å². The number of hydrogen-bond acceptors (Lipinski definition) is 5. The highest BCUT2D eigenvalue weighted by molar-refractivity contribution is 6.28. The minimum atomic E-state index is -0.489.